The van der Waals surface area contributed by atoms with Gasteiger partial charge in [-0.2, -0.15) is 0 Å². The van der Waals surface area contributed by atoms with Crippen molar-refractivity contribution in [2.24, 2.45) is 0 Å². The summed E-state index contributed by atoms with van der Waals surface area (Å²) in [6.07, 6.45) is 0.813. The molecule has 0 fully saturated rings. The quantitative estimate of drug-likeness (QED) is 0.337. The summed E-state index contributed by atoms with van der Waals surface area (Å²) in [6, 6.07) is 4.45. The maximum Gasteiger partial charge on any atom is 0.305 e. The van der Waals surface area contributed by atoms with Crippen molar-refractivity contribution in [3.05, 3.63) is 33.9 Å². The largest absolute Gasteiger partial charge is 0.493 e. The van der Waals surface area contributed by atoms with E-state index >= 15 is 0 Å². The van der Waals surface area contributed by atoms with Crippen LogP contribution < -0.4 is 10.1 Å². The van der Waals surface area contributed by atoms with Gasteiger partial charge in [-0.15, -0.1) is 0 Å². The molecule has 1 N–H and O–H groups in total. The maximum atomic E-state index is 10.9. The molecule has 20 heavy (non-hydrogen) atoms. The Hall–Kier alpha value is -2.15. The van der Waals surface area contributed by atoms with E-state index in [0.29, 0.717) is 30.9 Å². The number of nitrogens with one attached hydrogen (secondary N) is 1. The van der Waals surface area contributed by atoms with Gasteiger partial charge in [-0.1, -0.05) is 0 Å². The lowest BCUT2D eigenvalue weighted by atomic mass is 10.1. The molecule has 0 bridgehead atoms. The van der Waals surface area contributed by atoms with E-state index in [1.165, 1.54) is 19.2 Å². The fourth-order valence-corrected chi connectivity index (χ4v) is 1.65. The molecule has 1 rings (SSSR count). The third-order valence-electron chi connectivity index (χ3n) is 2.63. The number of nitro benzene ring substituents is 1. The zero-order valence-electron chi connectivity index (χ0n) is 11.5. The number of ether oxygens (including phenoxy) is 2. The van der Waals surface area contributed by atoms with Crippen LogP contribution in [0.2, 0.25) is 0 Å². The van der Waals surface area contributed by atoms with Crippen LogP contribution in [0, 0.1) is 10.1 Å². The average Bonchev–Trinajstić information content (AvgIpc) is 2.44. The van der Waals surface area contributed by atoms with E-state index < -0.39 is 4.92 Å². The number of hydrogen-bond acceptors (Lipinski definition) is 6. The highest BCUT2D eigenvalue weighted by atomic mass is 16.6. The normalized spacial score (nSPS) is 10.1. The molecule has 0 aromatic heterocycles. The first kappa shape index (κ1) is 15.9. The summed E-state index contributed by atoms with van der Waals surface area (Å²) in [5.41, 5.74) is 0.733. The number of non-ortho nitro benzene ring substituents is 1. The van der Waals surface area contributed by atoms with E-state index in [9.17, 15) is 14.9 Å². The SMILES string of the molecule is CNCc1cc([N+](=O)[O-])ccc1OCCCC(=O)OC. The third kappa shape index (κ3) is 4.85. The Balaban J connectivity index is 2.64. The molecule has 7 heteroatoms. The van der Waals surface area contributed by atoms with Crippen molar-refractivity contribution in [3.8, 4) is 5.75 Å². The number of carbonyl (C=O) groups excluding carboxylic acids is 1. The zero-order valence-corrected chi connectivity index (χ0v) is 11.5. The van der Waals surface area contributed by atoms with E-state index in [2.05, 4.69) is 10.1 Å². The van der Waals surface area contributed by atoms with Crippen LogP contribution in [0.3, 0.4) is 0 Å². The minimum atomic E-state index is -0.444. The predicted molar refractivity (Wildman–Crippen MR) is 72.6 cm³/mol. The first-order valence-corrected chi connectivity index (χ1v) is 6.20. The fourth-order valence-electron chi connectivity index (χ4n) is 1.65. The molecule has 1 aromatic rings. The molecule has 7 nitrogen and oxygen atoms in total. The molecular weight excluding hydrogens is 264 g/mol. The van der Waals surface area contributed by atoms with Gasteiger partial charge in [0, 0.05) is 30.7 Å². The summed E-state index contributed by atoms with van der Waals surface area (Å²) in [7, 11) is 3.09. The molecule has 0 amide bonds. The van der Waals surface area contributed by atoms with Crippen molar-refractivity contribution < 1.29 is 19.2 Å². The van der Waals surface area contributed by atoms with Gasteiger partial charge in [0.05, 0.1) is 18.6 Å². The summed E-state index contributed by atoms with van der Waals surface area (Å²) in [4.78, 5) is 21.2. The summed E-state index contributed by atoms with van der Waals surface area (Å²) >= 11 is 0. The number of rotatable bonds is 8. The second-order valence-electron chi connectivity index (χ2n) is 4.11. The molecular formula is C13H18N2O5. The van der Waals surface area contributed by atoms with Crippen molar-refractivity contribution in [2.45, 2.75) is 19.4 Å². The molecule has 0 aliphatic carbocycles. The summed E-state index contributed by atoms with van der Waals surface area (Å²) in [5.74, 6) is 0.294. The number of carbonyl (C=O) groups is 1. The molecule has 0 unspecified atom stereocenters. The Morgan fingerprint density at radius 3 is 2.80 bits per heavy atom. The lowest BCUT2D eigenvalue weighted by Crippen LogP contribution is -2.09. The Morgan fingerprint density at radius 1 is 1.45 bits per heavy atom. The molecule has 0 radical (unpaired) electrons. The van der Waals surface area contributed by atoms with Gasteiger partial charge < -0.3 is 14.8 Å². The number of esters is 1. The van der Waals surface area contributed by atoms with Crippen LogP contribution >= 0.6 is 0 Å². The van der Waals surface area contributed by atoms with Crippen LogP contribution in [0.15, 0.2) is 18.2 Å². The minimum absolute atomic E-state index is 0.0251. The van der Waals surface area contributed by atoms with Crippen molar-refractivity contribution in [1.29, 1.82) is 0 Å². The van der Waals surface area contributed by atoms with Gasteiger partial charge in [0.15, 0.2) is 0 Å². The Morgan fingerprint density at radius 2 is 2.20 bits per heavy atom. The van der Waals surface area contributed by atoms with Crippen LogP contribution in [0.25, 0.3) is 0 Å². The van der Waals surface area contributed by atoms with Crippen molar-refractivity contribution in [3.63, 3.8) is 0 Å². The smallest absolute Gasteiger partial charge is 0.305 e. The van der Waals surface area contributed by atoms with Gasteiger partial charge in [0.1, 0.15) is 5.75 Å². The van der Waals surface area contributed by atoms with Crippen LogP contribution in [0.5, 0.6) is 5.75 Å². The molecule has 1 aromatic carbocycles. The number of nitrogens with zero attached hydrogens (tertiary/aromatic N) is 1. The first-order chi connectivity index (χ1) is 9.58. The Kier molecular flexibility index (Phi) is 6.45. The first-order valence-electron chi connectivity index (χ1n) is 6.20. The second kappa shape index (κ2) is 8.11. The molecule has 0 aliphatic rings. The monoisotopic (exact) mass is 282 g/mol. The van der Waals surface area contributed by atoms with Gasteiger partial charge >= 0.3 is 5.97 Å². The van der Waals surface area contributed by atoms with Gasteiger partial charge in [-0.05, 0) is 19.5 Å². The molecule has 0 heterocycles. The number of hydrogen-bond donors (Lipinski definition) is 1. The highest BCUT2D eigenvalue weighted by Gasteiger charge is 2.11. The summed E-state index contributed by atoms with van der Waals surface area (Å²) in [6.45, 7) is 0.817. The predicted octanol–water partition coefficient (Wildman–Crippen LogP) is 1.65. The number of methoxy groups -OCH3 is 1. The van der Waals surface area contributed by atoms with E-state index in [1.807, 2.05) is 0 Å². The van der Waals surface area contributed by atoms with Crippen LogP contribution in [-0.2, 0) is 16.1 Å². The Labute approximate surface area is 117 Å². The highest BCUT2D eigenvalue weighted by molar-refractivity contribution is 5.69. The van der Waals surface area contributed by atoms with Crippen LogP contribution in [-0.4, -0.2) is 31.7 Å². The van der Waals surface area contributed by atoms with E-state index in [-0.39, 0.29) is 18.1 Å². The molecule has 0 atom stereocenters. The van der Waals surface area contributed by atoms with Crippen LogP contribution in [0.1, 0.15) is 18.4 Å². The molecule has 110 valence electrons. The van der Waals surface area contributed by atoms with Crippen LogP contribution in [0.4, 0.5) is 5.69 Å². The van der Waals surface area contributed by atoms with Gasteiger partial charge in [0.2, 0.25) is 0 Å². The zero-order chi connectivity index (χ0) is 15.0. The maximum absolute atomic E-state index is 10.9. The fraction of sp³-hybridized carbons (Fsp3) is 0.462. The van der Waals surface area contributed by atoms with E-state index in [1.54, 1.807) is 13.1 Å². The topological polar surface area (TPSA) is 90.7 Å². The lowest BCUT2D eigenvalue weighted by molar-refractivity contribution is -0.384. The summed E-state index contributed by atoms with van der Waals surface area (Å²) in [5, 5.41) is 13.7. The van der Waals surface area contributed by atoms with E-state index in [0.717, 1.165) is 0 Å². The number of nitro groups is 1. The third-order valence-corrected chi connectivity index (χ3v) is 2.63. The van der Waals surface area contributed by atoms with Gasteiger partial charge in [0.25, 0.3) is 5.69 Å². The molecule has 0 spiro atoms. The molecule has 0 saturated heterocycles. The molecule has 0 aliphatic heterocycles. The highest BCUT2D eigenvalue weighted by Crippen LogP contribution is 2.24. The summed E-state index contributed by atoms with van der Waals surface area (Å²) < 4.78 is 10.1. The number of benzene rings is 1. The van der Waals surface area contributed by atoms with E-state index in [4.69, 9.17) is 4.74 Å². The lowest BCUT2D eigenvalue weighted by Gasteiger charge is -2.11. The van der Waals surface area contributed by atoms with Gasteiger partial charge in [-0.25, -0.2) is 0 Å². The minimum Gasteiger partial charge on any atom is -0.493 e. The average molecular weight is 282 g/mol. The molecule has 0 saturated carbocycles. The standard InChI is InChI=1S/C13H18N2O5/c1-14-9-10-8-11(15(17)18)5-6-12(10)20-7-3-4-13(16)19-2/h5-6,8,14H,3-4,7,9H2,1-2H3. The van der Waals surface area contributed by atoms with Crippen molar-refractivity contribution in [2.75, 3.05) is 20.8 Å². The Bertz CT molecular complexity index is 476. The van der Waals surface area contributed by atoms with Crippen molar-refractivity contribution >= 4 is 11.7 Å². The van der Waals surface area contributed by atoms with Gasteiger partial charge in [-0.3, -0.25) is 14.9 Å². The second-order valence-corrected chi connectivity index (χ2v) is 4.11. The van der Waals surface area contributed by atoms with Crippen molar-refractivity contribution in [1.82, 2.24) is 5.32 Å².